The van der Waals surface area contributed by atoms with E-state index in [-0.39, 0.29) is 23.6 Å². The zero-order chi connectivity index (χ0) is 16.6. The number of carbonyl (C=O) groups is 2. The third-order valence-corrected chi connectivity index (χ3v) is 3.94. The molecule has 0 unspecified atom stereocenters. The fourth-order valence-electron chi connectivity index (χ4n) is 2.61. The summed E-state index contributed by atoms with van der Waals surface area (Å²) in [5.41, 5.74) is 1.83. The number of allylic oxidation sites excluding steroid dienone is 2. The number of hydrogen-bond acceptors (Lipinski definition) is 3. The highest BCUT2D eigenvalue weighted by Crippen LogP contribution is 2.28. The van der Waals surface area contributed by atoms with Gasteiger partial charge in [0.05, 0.1) is 0 Å². The maximum Gasteiger partial charge on any atom is 0.265 e. The van der Waals surface area contributed by atoms with Crippen LogP contribution in [-0.4, -0.2) is 16.6 Å². The molecule has 0 saturated carbocycles. The average molecular weight is 313 g/mol. The van der Waals surface area contributed by atoms with Gasteiger partial charge in [-0.1, -0.05) is 24.3 Å². The minimum atomic E-state index is -2.58. The maximum atomic E-state index is 12.6. The van der Waals surface area contributed by atoms with E-state index in [0.717, 1.165) is 6.20 Å². The van der Waals surface area contributed by atoms with Crippen molar-refractivity contribution >= 4 is 11.6 Å². The standard InChI is InChI=1S/C18H13F2NO2/c1-10-15(8-12-7-6-11(9-21-12)18(19)20)17(23)14-5-3-2-4-13(14)16(10)22/h2-7,9,18H,8H2,1H3. The Balaban J connectivity index is 1.95. The van der Waals surface area contributed by atoms with Gasteiger partial charge >= 0.3 is 0 Å². The lowest BCUT2D eigenvalue weighted by molar-refractivity contribution is 0.0973. The van der Waals surface area contributed by atoms with Crippen LogP contribution in [0, 0.1) is 0 Å². The summed E-state index contributed by atoms with van der Waals surface area (Å²) in [6.45, 7) is 1.61. The monoisotopic (exact) mass is 313 g/mol. The van der Waals surface area contributed by atoms with Crippen LogP contribution >= 0.6 is 0 Å². The first-order valence-corrected chi connectivity index (χ1v) is 7.10. The van der Waals surface area contributed by atoms with E-state index in [4.69, 9.17) is 0 Å². The van der Waals surface area contributed by atoms with Crippen LogP contribution in [0.25, 0.3) is 0 Å². The Labute approximate surface area is 131 Å². The van der Waals surface area contributed by atoms with E-state index >= 15 is 0 Å². The van der Waals surface area contributed by atoms with Crippen LogP contribution < -0.4 is 0 Å². The van der Waals surface area contributed by atoms with Gasteiger partial charge in [-0.2, -0.15) is 0 Å². The molecule has 0 saturated heterocycles. The van der Waals surface area contributed by atoms with E-state index in [1.54, 1.807) is 31.2 Å². The molecule has 0 N–H and O–H groups in total. The molecule has 116 valence electrons. The van der Waals surface area contributed by atoms with E-state index in [9.17, 15) is 18.4 Å². The lowest BCUT2D eigenvalue weighted by Gasteiger charge is -2.18. The number of carbonyl (C=O) groups excluding carboxylic acids is 2. The molecule has 1 aliphatic rings. The van der Waals surface area contributed by atoms with Crippen LogP contribution in [0.4, 0.5) is 8.78 Å². The average Bonchev–Trinajstić information content (AvgIpc) is 2.57. The van der Waals surface area contributed by atoms with Crippen molar-refractivity contribution in [2.45, 2.75) is 19.8 Å². The van der Waals surface area contributed by atoms with Crippen molar-refractivity contribution in [1.29, 1.82) is 0 Å². The Bertz CT molecular complexity index is 823. The van der Waals surface area contributed by atoms with Crippen molar-refractivity contribution in [2.75, 3.05) is 0 Å². The summed E-state index contributed by atoms with van der Waals surface area (Å²) >= 11 is 0. The van der Waals surface area contributed by atoms with Crippen molar-refractivity contribution in [3.63, 3.8) is 0 Å². The summed E-state index contributed by atoms with van der Waals surface area (Å²) in [4.78, 5) is 28.9. The van der Waals surface area contributed by atoms with Gasteiger partial charge < -0.3 is 0 Å². The molecule has 0 fully saturated rings. The number of alkyl halides is 2. The Morgan fingerprint density at radius 3 is 2.22 bits per heavy atom. The number of halogens is 2. The molecule has 0 amide bonds. The molecular formula is C18H13F2NO2. The largest absolute Gasteiger partial charge is 0.289 e. The van der Waals surface area contributed by atoms with Crippen molar-refractivity contribution in [2.24, 2.45) is 0 Å². The molecule has 23 heavy (non-hydrogen) atoms. The molecule has 3 nitrogen and oxygen atoms in total. The zero-order valence-electron chi connectivity index (χ0n) is 12.3. The lowest BCUT2D eigenvalue weighted by Crippen LogP contribution is -2.22. The highest BCUT2D eigenvalue weighted by atomic mass is 19.3. The van der Waals surface area contributed by atoms with Crippen molar-refractivity contribution in [3.05, 3.63) is 76.1 Å². The molecule has 0 spiro atoms. The number of aromatic nitrogens is 1. The second kappa shape index (κ2) is 5.83. The SMILES string of the molecule is CC1=C(Cc2ccc(C(F)F)cn2)C(=O)c2ccccc2C1=O. The minimum Gasteiger partial charge on any atom is -0.289 e. The number of Topliss-reactive ketones (excluding diaryl/α,β-unsaturated/α-hetero) is 2. The number of pyridine rings is 1. The molecule has 1 aliphatic carbocycles. The normalized spacial score (nSPS) is 14.4. The van der Waals surface area contributed by atoms with Crippen LogP contribution in [0.15, 0.2) is 53.7 Å². The van der Waals surface area contributed by atoms with E-state index in [1.165, 1.54) is 12.1 Å². The maximum absolute atomic E-state index is 12.6. The second-order valence-electron chi connectivity index (χ2n) is 5.37. The van der Waals surface area contributed by atoms with E-state index in [0.29, 0.717) is 28.0 Å². The molecule has 1 aromatic carbocycles. The summed E-state index contributed by atoms with van der Waals surface area (Å²) in [6, 6.07) is 9.41. The van der Waals surface area contributed by atoms with Crippen LogP contribution in [0.3, 0.4) is 0 Å². The van der Waals surface area contributed by atoms with Gasteiger partial charge in [0, 0.05) is 46.1 Å². The molecule has 0 bridgehead atoms. The number of hydrogen-bond donors (Lipinski definition) is 0. The van der Waals surface area contributed by atoms with Gasteiger partial charge in [-0.05, 0) is 19.1 Å². The molecule has 2 aromatic rings. The first-order valence-electron chi connectivity index (χ1n) is 7.10. The topological polar surface area (TPSA) is 47.0 Å². The Kier molecular flexibility index (Phi) is 3.86. The van der Waals surface area contributed by atoms with Crippen LogP contribution in [0.2, 0.25) is 0 Å². The molecule has 5 heteroatoms. The number of nitrogens with zero attached hydrogens (tertiary/aromatic N) is 1. The third-order valence-electron chi connectivity index (χ3n) is 3.94. The number of fused-ring (bicyclic) bond motifs is 1. The van der Waals surface area contributed by atoms with Gasteiger partial charge in [-0.3, -0.25) is 14.6 Å². The fourth-order valence-corrected chi connectivity index (χ4v) is 2.61. The summed E-state index contributed by atoms with van der Waals surface area (Å²) in [6.07, 6.45) is -1.34. The van der Waals surface area contributed by atoms with Crippen LogP contribution in [0.5, 0.6) is 0 Å². The smallest absolute Gasteiger partial charge is 0.265 e. The Hall–Kier alpha value is -2.69. The van der Waals surface area contributed by atoms with Crippen LogP contribution in [0.1, 0.15) is 45.3 Å². The Morgan fingerprint density at radius 2 is 1.65 bits per heavy atom. The third kappa shape index (κ3) is 2.70. The van der Waals surface area contributed by atoms with Gasteiger partial charge in [-0.25, -0.2) is 8.78 Å². The van der Waals surface area contributed by atoms with Gasteiger partial charge in [-0.15, -0.1) is 0 Å². The fraction of sp³-hybridized carbons (Fsp3) is 0.167. The van der Waals surface area contributed by atoms with Crippen LogP contribution in [-0.2, 0) is 6.42 Å². The summed E-state index contributed by atoms with van der Waals surface area (Å²) in [5.74, 6) is -0.392. The second-order valence-corrected chi connectivity index (χ2v) is 5.37. The summed E-state index contributed by atoms with van der Waals surface area (Å²) < 4.78 is 25.1. The first kappa shape index (κ1) is 15.2. The minimum absolute atomic E-state index is 0.147. The van der Waals surface area contributed by atoms with Crippen molar-refractivity contribution in [3.8, 4) is 0 Å². The summed E-state index contributed by atoms with van der Waals surface area (Å²) in [5, 5.41) is 0. The molecular weight excluding hydrogens is 300 g/mol. The Morgan fingerprint density at radius 1 is 1.00 bits per heavy atom. The van der Waals surface area contributed by atoms with Gasteiger partial charge in [0.25, 0.3) is 6.43 Å². The first-order chi connectivity index (χ1) is 11.0. The van der Waals surface area contributed by atoms with Crippen molar-refractivity contribution < 1.29 is 18.4 Å². The molecule has 3 rings (SSSR count). The van der Waals surface area contributed by atoms with Gasteiger partial charge in [0.1, 0.15) is 0 Å². The molecule has 0 aliphatic heterocycles. The lowest BCUT2D eigenvalue weighted by atomic mass is 9.83. The predicted octanol–water partition coefficient (Wildman–Crippen LogP) is 3.96. The zero-order valence-corrected chi connectivity index (χ0v) is 12.3. The number of rotatable bonds is 3. The number of ketones is 2. The molecule has 1 heterocycles. The molecule has 0 atom stereocenters. The van der Waals surface area contributed by atoms with E-state index < -0.39 is 6.43 Å². The quantitative estimate of drug-likeness (QED) is 0.862. The predicted molar refractivity (Wildman–Crippen MR) is 80.7 cm³/mol. The van der Waals surface area contributed by atoms with E-state index in [2.05, 4.69) is 4.98 Å². The highest BCUT2D eigenvalue weighted by molar-refractivity contribution is 6.26. The van der Waals surface area contributed by atoms with Gasteiger partial charge in [0.15, 0.2) is 11.6 Å². The number of benzene rings is 1. The summed E-state index contributed by atoms with van der Waals surface area (Å²) in [7, 11) is 0. The van der Waals surface area contributed by atoms with Crippen molar-refractivity contribution in [1.82, 2.24) is 4.98 Å². The molecule has 1 aromatic heterocycles. The van der Waals surface area contributed by atoms with Gasteiger partial charge in [0.2, 0.25) is 0 Å². The highest BCUT2D eigenvalue weighted by Gasteiger charge is 2.29. The van der Waals surface area contributed by atoms with E-state index in [1.807, 2.05) is 0 Å². The molecule has 0 radical (unpaired) electrons.